The van der Waals surface area contributed by atoms with E-state index in [0.29, 0.717) is 19.6 Å². The highest BCUT2D eigenvalue weighted by Crippen LogP contribution is 2.21. The highest BCUT2D eigenvalue weighted by atomic mass is 16.5. The van der Waals surface area contributed by atoms with Crippen molar-refractivity contribution in [3.63, 3.8) is 0 Å². The van der Waals surface area contributed by atoms with Gasteiger partial charge in [-0.25, -0.2) is 0 Å². The molecule has 0 saturated heterocycles. The Hall–Kier alpha value is -1.30. The number of nitrogens with zero attached hydrogens (tertiary/aromatic N) is 1. The van der Waals surface area contributed by atoms with Crippen molar-refractivity contribution in [1.29, 1.82) is 0 Å². The third kappa shape index (κ3) is 4.60. The van der Waals surface area contributed by atoms with Gasteiger partial charge in [0.05, 0.1) is 0 Å². The van der Waals surface area contributed by atoms with Gasteiger partial charge in [-0.3, -0.25) is 4.79 Å². The Balaban J connectivity index is 4.18. The van der Waals surface area contributed by atoms with Gasteiger partial charge < -0.3 is 21.0 Å². The third-order valence-corrected chi connectivity index (χ3v) is 2.94. The summed E-state index contributed by atoms with van der Waals surface area (Å²) in [5.41, 5.74) is 4.59. The van der Waals surface area contributed by atoms with E-state index in [0.717, 1.165) is 12.8 Å². The largest absolute Gasteiger partial charge is 0.409 e. The second-order valence-corrected chi connectivity index (χ2v) is 4.13. The van der Waals surface area contributed by atoms with Crippen molar-refractivity contribution < 1.29 is 14.7 Å². The minimum Gasteiger partial charge on any atom is -0.409 e. The molecule has 1 unspecified atom stereocenters. The Morgan fingerprint density at radius 3 is 2.65 bits per heavy atom. The molecular weight excluding hydrogens is 222 g/mol. The maximum Gasteiger partial charge on any atom is 0.233 e. The molecule has 100 valence electrons. The zero-order valence-electron chi connectivity index (χ0n) is 10.8. The van der Waals surface area contributed by atoms with Crippen LogP contribution in [0.2, 0.25) is 0 Å². The van der Waals surface area contributed by atoms with Crippen LogP contribution in [0.15, 0.2) is 5.16 Å². The van der Waals surface area contributed by atoms with E-state index in [1.165, 1.54) is 0 Å². The van der Waals surface area contributed by atoms with Gasteiger partial charge in [0, 0.05) is 20.3 Å². The van der Waals surface area contributed by atoms with Crippen LogP contribution in [0, 0.1) is 5.41 Å². The molecule has 0 aliphatic heterocycles. The van der Waals surface area contributed by atoms with Crippen LogP contribution in [-0.2, 0) is 9.53 Å². The number of amidine groups is 1. The summed E-state index contributed by atoms with van der Waals surface area (Å²) < 4.78 is 4.91. The van der Waals surface area contributed by atoms with Gasteiger partial charge in [0.2, 0.25) is 5.91 Å². The van der Waals surface area contributed by atoms with Crippen LogP contribution in [-0.4, -0.2) is 37.2 Å². The number of carbonyl (C=O) groups excluding carboxylic acids is 1. The third-order valence-electron chi connectivity index (χ3n) is 2.94. The van der Waals surface area contributed by atoms with Gasteiger partial charge in [-0.1, -0.05) is 12.1 Å². The molecule has 0 heterocycles. The predicted octanol–water partition coefficient (Wildman–Crippen LogP) is 0.692. The lowest BCUT2D eigenvalue weighted by molar-refractivity contribution is -0.127. The van der Waals surface area contributed by atoms with Gasteiger partial charge in [0.15, 0.2) is 5.84 Å². The summed E-state index contributed by atoms with van der Waals surface area (Å²) >= 11 is 0. The number of amides is 1. The molecule has 0 saturated carbocycles. The quantitative estimate of drug-likeness (QED) is 0.193. The Bertz CT molecular complexity index is 269. The molecule has 0 aromatic heterocycles. The number of nitrogens with one attached hydrogen (secondary N) is 1. The molecule has 0 spiro atoms. The van der Waals surface area contributed by atoms with Crippen molar-refractivity contribution in [3.8, 4) is 0 Å². The fourth-order valence-corrected chi connectivity index (χ4v) is 1.34. The van der Waals surface area contributed by atoms with E-state index in [2.05, 4.69) is 10.5 Å². The van der Waals surface area contributed by atoms with Gasteiger partial charge in [0.25, 0.3) is 0 Å². The van der Waals surface area contributed by atoms with Crippen LogP contribution < -0.4 is 11.1 Å². The fraction of sp³-hybridized carbons (Fsp3) is 0.818. The lowest BCUT2D eigenvalue weighted by Gasteiger charge is -2.25. The van der Waals surface area contributed by atoms with Crippen LogP contribution in [0.25, 0.3) is 0 Å². The molecular formula is C11H23N3O3. The average Bonchev–Trinajstić information content (AvgIpc) is 2.36. The number of unbranched alkanes of at least 4 members (excludes halogenated alkanes) is 1. The molecule has 0 radical (unpaired) electrons. The van der Waals surface area contributed by atoms with E-state index >= 15 is 0 Å². The molecule has 0 fully saturated rings. The first-order valence-corrected chi connectivity index (χ1v) is 5.78. The minimum atomic E-state index is -0.948. The molecule has 0 bridgehead atoms. The topological polar surface area (TPSA) is 96.9 Å². The molecule has 1 amide bonds. The molecule has 1 atom stereocenters. The predicted molar refractivity (Wildman–Crippen MR) is 65.9 cm³/mol. The first-order valence-electron chi connectivity index (χ1n) is 5.78. The summed E-state index contributed by atoms with van der Waals surface area (Å²) in [6, 6.07) is 0. The summed E-state index contributed by atoms with van der Waals surface area (Å²) in [6.07, 6.45) is 2.21. The summed E-state index contributed by atoms with van der Waals surface area (Å²) in [5, 5.41) is 14.4. The Morgan fingerprint density at radius 1 is 1.53 bits per heavy atom. The second kappa shape index (κ2) is 7.89. The molecule has 0 aromatic carbocycles. The van der Waals surface area contributed by atoms with E-state index < -0.39 is 5.41 Å². The van der Waals surface area contributed by atoms with Crippen molar-refractivity contribution >= 4 is 11.7 Å². The average molecular weight is 245 g/mol. The maximum atomic E-state index is 11.9. The molecule has 0 aliphatic carbocycles. The summed E-state index contributed by atoms with van der Waals surface area (Å²) in [6.45, 7) is 4.73. The lowest BCUT2D eigenvalue weighted by atomic mass is 9.85. The zero-order chi connectivity index (χ0) is 13.3. The summed E-state index contributed by atoms with van der Waals surface area (Å²) in [5.74, 6) is -0.276. The number of ether oxygens (including phenoxy) is 1. The Morgan fingerprint density at radius 2 is 2.18 bits per heavy atom. The van der Waals surface area contributed by atoms with Crippen LogP contribution in [0.4, 0.5) is 0 Å². The highest BCUT2D eigenvalue weighted by Gasteiger charge is 2.35. The number of hydrogen-bond acceptors (Lipinski definition) is 4. The van der Waals surface area contributed by atoms with E-state index in [4.69, 9.17) is 15.7 Å². The second-order valence-electron chi connectivity index (χ2n) is 4.13. The van der Waals surface area contributed by atoms with Gasteiger partial charge in [-0.2, -0.15) is 0 Å². The summed E-state index contributed by atoms with van der Waals surface area (Å²) in [7, 11) is 1.64. The van der Waals surface area contributed by atoms with Crippen LogP contribution >= 0.6 is 0 Å². The number of methoxy groups -OCH3 is 1. The van der Waals surface area contributed by atoms with Crippen molar-refractivity contribution in [2.75, 3.05) is 20.3 Å². The molecule has 0 aliphatic rings. The normalized spacial score (nSPS) is 15.4. The van der Waals surface area contributed by atoms with Gasteiger partial charge in [-0.15, -0.1) is 0 Å². The number of nitrogens with two attached hydrogens (primary N) is 1. The highest BCUT2D eigenvalue weighted by molar-refractivity contribution is 6.06. The number of carbonyl (C=O) groups is 1. The van der Waals surface area contributed by atoms with E-state index in [9.17, 15) is 4.79 Å². The van der Waals surface area contributed by atoms with Crippen molar-refractivity contribution in [1.82, 2.24) is 5.32 Å². The van der Waals surface area contributed by atoms with Gasteiger partial charge in [-0.05, 0) is 26.2 Å². The Labute approximate surface area is 102 Å². The number of rotatable bonds is 8. The van der Waals surface area contributed by atoms with Crippen molar-refractivity contribution in [3.05, 3.63) is 0 Å². The lowest BCUT2D eigenvalue weighted by Crippen LogP contribution is -2.47. The molecule has 6 nitrogen and oxygen atoms in total. The van der Waals surface area contributed by atoms with Crippen LogP contribution in [0.1, 0.15) is 33.1 Å². The SMILES string of the molecule is CCC(C)(C(=O)NCCCCOC)C(N)=NO. The standard InChI is InChI=1S/C11H23N3O3/c1-4-11(2,9(12)14-16)10(15)13-7-5-6-8-17-3/h16H,4-8H2,1-3H3,(H2,12,14)(H,13,15). The zero-order valence-corrected chi connectivity index (χ0v) is 10.8. The monoisotopic (exact) mass is 245 g/mol. The maximum absolute atomic E-state index is 11.9. The molecule has 0 rings (SSSR count). The van der Waals surface area contributed by atoms with E-state index in [1.54, 1.807) is 14.0 Å². The minimum absolute atomic E-state index is 0.0607. The van der Waals surface area contributed by atoms with Gasteiger partial charge in [0.1, 0.15) is 5.41 Å². The van der Waals surface area contributed by atoms with Crippen LogP contribution in [0.5, 0.6) is 0 Å². The Kier molecular flexibility index (Phi) is 7.29. The molecule has 6 heteroatoms. The first-order chi connectivity index (χ1) is 8.02. The molecule has 4 N–H and O–H groups in total. The van der Waals surface area contributed by atoms with Crippen molar-refractivity contribution in [2.45, 2.75) is 33.1 Å². The van der Waals surface area contributed by atoms with Crippen LogP contribution in [0.3, 0.4) is 0 Å². The number of hydrogen-bond donors (Lipinski definition) is 3. The molecule has 17 heavy (non-hydrogen) atoms. The fourth-order valence-electron chi connectivity index (χ4n) is 1.34. The smallest absolute Gasteiger partial charge is 0.233 e. The first kappa shape index (κ1) is 15.7. The van der Waals surface area contributed by atoms with E-state index in [-0.39, 0.29) is 11.7 Å². The van der Waals surface area contributed by atoms with E-state index in [1.807, 2.05) is 6.92 Å². The molecule has 0 aromatic rings. The van der Waals surface area contributed by atoms with Crippen molar-refractivity contribution in [2.24, 2.45) is 16.3 Å². The van der Waals surface area contributed by atoms with Gasteiger partial charge >= 0.3 is 0 Å². The summed E-state index contributed by atoms with van der Waals surface area (Å²) in [4.78, 5) is 11.9. The number of oxime groups is 1.